The second-order valence-electron chi connectivity index (χ2n) is 5.00. The van der Waals surface area contributed by atoms with Crippen molar-refractivity contribution in [2.75, 3.05) is 13.1 Å². The SMILES string of the molecule is CCC(C)NC(=O)CNCCCC(=O)NC1CC1. The lowest BCUT2D eigenvalue weighted by molar-refractivity contribution is -0.121. The summed E-state index contributed by atoms with van der Waals surface area (Å²) in [4.78, 5) is 22.8. The van der Waals surface area contributed by atoms with Crippen LogP contribution in [0.2, 0.25) is 0 Å². The minimum atomic E-state index is 0.0202. The average molecular weight is 255 g/mol. The number of hydrogen-bond acceptors (Lipinski definition) is 3. The standard InChI is InChI=1S/C13H25N3O2/c1-3-10(2)15-13(18)9-14-8-4-5-12(17)16-11-6-7-11/h10-11,14H,3-9H2,1-2H3,(H,15,18)(H,16,17). The normalized spacial score (nSPS) is 16.1. The average Bonchev–Trinajstić information content (AvgIpc) is 3.12. The van der Waals surface area contributed by atoms with Crippen LogP contribution in [0.3, 0.4) is 0 Å². The molecule has 0 spiro atoms. The molecule has 1 saturated carbocycles. The van der Waals surface area contributed by atoms with Crippen molar-refractivity contribution in [2.24, 2.45) is 0 Å². The Bertz CT molecular complexity index is 277. The molecule has 0 aliphatic heterocycles. The Morgan fingerprint density at radius 1 is 1.28 bits per heavy atom. The molecule has 0 bridgehead atoms. The van der Waals surface area contributed by atoms with E-state index < -0.39 is 0 Å². The second-order valence-corrected chi connectivity index (χ2v) is 5.00. The number of carbonyl (C=O) groups excluding carboxylic acids is 2. The maximum atomic E-state index is 11.4. The van der Waals surface area contributed by atoms with E-state index in [0.717, 1.165) is 25.7 Å². The first-order chi connectivity index (χ1) is 8.61. The molecule has 5 nitrogen and oxygen atoms in total. The molecule has 1 rings (SSSR count). The van der Waals surface area contributed by atoms with Gasteiger partial charge in [0.1, 0.15) is 0 Å². The summed E-state index contributed by atoms with van der Waals surface area (Å²) in [5.41, 5.74) is 0. The van der Waals surface area contributed by atoms with Gasteiger partial charge in [0.25, 0.3) is 0 Å². The molecule has 1 fully saturated rings. The van der Waals surface area contributed by atoms with E-state index in [0.29, 0.717) is 25.6 Å². The van der Waals surface area contributed by atoms with Crippen molar-refractivity contribution in [3.63, 3.8) is 0 Å². The highest BCUT2D eigenvalue weighted by Gasteiger charge is 2.22. The van der Waals surface area contributed by atoms with Crippen molar-refractivity contribution >= 4 is 11.8 Å². The zero-order valence-electron chi connectivity index (χ0n) is 11.4. The van der Waals surface area contributed by atoms with E-state index in [1.54, 1.807) is 0 Å². The Morgan fingerprint density at radius 3 is 2.61 bits per heavy atom. The topological polar surface area (TPSA) is 70.2 Å². The van der Waals surface area contributed by atoms with Gasteiger partial charge in [0, 0.05) is 18.5 Å². The molecule has 2 amide bonds. The molecule has 0 heterocycles. The first-order valence-electron chi connectivity index (χ1n) is 6.91. The minimum absolute atomic E-state index is 0.0202. The highest BCUT2D eigenvalue weighted by molar-refractivity contribution is 5.78. The molecule has 0 saturated heterocycles. The summed E-state index contributed by atoms with van der Waals surface area (Å²) in [5, 5.41) is 8.87. The summed E-state index contributed by atoms with van der Waals surface area (Å²) in [5.74, 6) is 0.148. The molecular weight excluding hydrogens is 230 g/mol. The summed E-state index contributed by atoms with van der Waals surface area (Å²) in [6, 6.07) is 0.662. The summed E-state index contributed by atoms with van der Waals surface area (Å²) in [6.07, 6.45) is 4.50. The molecule has 0 aromatic rings. The number of amides is 2. The predicted molar refractivity (Wildman–Crippen MR) is 71.2 cm³/mol. The minimum Gasteiger partial charge on any atom is -0.353 e. The molecule has 18 heavy (non-hydrogen) atoms. The number of rotatable bonds is 9. The summed E-state index contributed by atoms with van der Waals surface area (Å²) >= 11 is 0. The third-order valence-corrected chi connectivity index (χ3v) is 3.01. The van der Waals surface area contributed by atoms with Crippen LogP contribution >= 0.6 is 0 Å². The molecule has 104 valence electrons. The molecule has 1 atom stereocenters. The lowest BCUT2D eigenvalue weighted by atomic mass is 10.2. The van der Waals surface area contributed by atoms with Crippen LogP contribution in [0.25, 0.3) is 0 Å². The van der Waals surface area contributed by atoms with Crippen molar-refractivity contribution in [2.45, 2.75) is 58.0 Å². The van der Waals surface area contributed by atoms with Gasteiger partial charge in [-0.2, -0.15) is 0 Å². The summed E-state index contributed by atoms with van der Waals surface area (Å²) in [6.45, 7) is 5.05. The maximum Gasteiger partial charge on any atom is 0.234 e. The van der Waals surface area contributed by atoms with Gasteiger partial charge in [0.15, 0.2) is 0 Å². The number of carbonyl (C=O) groups is 2. The zero-order chi connectivity index (χ0) is 13.4. The van der Waals surface area contributed by atoms with E-state index in [9.17, 15) is 9.59 Å². The molecular formula is C13H25N3O2. The Hall–Kier alpha value is -1.10. The number of hydrogen-bond donors (Lipinski definition) is 3. The quantitative estimate of drug-likeness (QED) is 0.527. The van der Waals surface area contributed by atoms with E-state index in [1.807, 2.05) is 13.8 Å². The highest BCUT2D eigenvalue weighted by Crippen LogP contribution is 2.18. The van der Waals surface area contributed by atoms with Gasteiger partial charge < -0.3 is 16.0 Å². The van der Waals surface area contributed by atoms with Crippen molar-refractivity contribution < 1.29 is 9.59 Å². The fourth-order valence-electron chi connectivity index (χ4n) is 1.53. The van der Waals surface area contributed by atoms with Crippen molar-refractivity contribution in [3.8, 4) is 0 Å². The van der Waals surface area contributed by atoms with Crippen LogP contribution in [0, 0.1) is 0 Å². The molecule has 5 heteroatoms. The van der Waals surface area contributed by atoms with Crippen molar-refractivity contribution in [1.29, 1.82) is 0 Å². The van der Waals surface area contributed by atoms with Crippen LogP contribution in [0.4, 0.5) is 0 Å². The molecule has 0 radical (unpaired) electrons. The molecule has 0 aromatic heterocycles. The van der Waals surface area contributed by atoms with Crippen LogP contribution in [0.15, 0.2) is 0 Å². The first-order valence-corrected chi connectivity index (χ1v) is 6.91. The smallest absolute Gasteiger partial charge is 0.234 e. The molecule has 1 unspecified atom stereocenters. The molecule has 3 N–H and O–H groups in total. The van der Waals surface area contributed by atoms with Crippen molar-refractivity contribution in [1.82, 2.24) is 16.0 Å². The van der Waals surface area contributed by atoms with Gasteiger partial charge >= 0.3 is 0 Å². The Labute approximate surface area is 109 Å². The van der Waals surface area contributed by atoms with E-state index in [1.165, 1.54) is 0 Å². The largest absolute Gasteiger partial charge is 0.353 e. The fraction of sp³-hybridized carbons (Fsp3) is 0.846. The summed E-state index contributed by atoms with van der Waals surface area (Å²) < 4.78 is 0. The predicted octanol–water partition coefficient (Wildman–Crippen LogP) is 0.550. The van der Waals surface area contributed by atoms with Gasteiger partial charge in [-0.15, -0.1) is 0 Å². The van der Waals surface area contributed by atoms with Gasteiger partial charge in [0.05, 0.1) is 6.54 Å². The molecule has 0 aromatic carbocycles. The lowest BCUT2D eigenvalue weighted by Gasteiger charge is -2.11. The van der Waals surface area contributed by atoms with Gasteiger partial charge in [-0.05, 0) is 39.2 Å². The van der Waals surface area contributed by atoms with Crippen LogP contribution in [-0.4, -0.2) is 37.0 Å². The van der Waals surface area contributed by atoms with Crippen molar-refractivity contribution in [3.05, 3.63) is 0 Å². The zero-order valence-corrected chi connectivity index (χ0v) is 11.4. The van der Waals surface area contributed by atoms with E-state index in [4.69, 9.17) is 0 Å². The Kier molecular flexibility index (Phi) is 6.72. The highest BCUT2D eigenvalue weighted by atomic mass is 16.2. The Balaban J connectivity index is 1.90. The molecule has 1 aliphatic carbocycles. The third-order valence-electron chi connectivity index (χ3n) is 3.01. The van der Waals surface area contributed by atoms with E-state index >= 15 is 0 Å². The summed E-state index contributed by atoms with van der Waals surface area (Å²) in [7, 11) is 0. The van der Waals surface area contributed by atoms with E-state index in [2.05, 4.69) is 16.0 Å². The van der Waals surface area contributed by atoms with Crippen LogP contribution in [-0.2, 0) is 9.59 Å². The third kappa shape index (κ3) is 7.27. The van der Waals surface area contributed by atoms with Gasteiger partial charge in [-0.25, -0.2) is 0 Å². The first kappa shape index (κ1) is 15.0. The second kappa shape index (κ2) is 8.08. The number of nitrogens with one attached hydrogen (secondary N) is 3. The van der Waals surface area contributed by atoms with Crippen LogP contribution < -0.4 is 16.0 Å². The molecule has 1 aliphatic rings. The van der Waals surface area contributed by atoms with Gasteiger partial charge in [-0.1, -0.05) is 6.92 Å². The maximum absolute atomic E-state index is 11.4. The lowest BCUT2D eigenvalue weighted by Crippen LogP contribution is -2.39. The van der Waals surface area contributed by atoms with Gasteiger partial charge in [-0.3, -0.25) is 9.59 Å². The van der Waals surface area contributed by atoms with Crippen LogP contribution in [0.5, 0.6) is 0 Å². The van der Waals surface area contributed by atoms with Crippen LogP contribution in [0.1, 0.15) is 46.0 Å². The van der Waals surface area contributed by atoms with Gasteiger partial charge in [0.2, 0.25) is 11.8 Å². The Morgan fingerprint density at radius 2 is 2.00 bits per heavy atom. The fourth-order valence-corrected chi connectivity index (χ4v) is 1.53. The van der Waals surface area contributed by atoms with E-state index in [-0.39, 0.29) is 17.9 Å². The monoisotopic (exact) mass is 255 g/mol.